The van der Waals surface area contributed by atoms with Crippen molar-refractivity contribution in [2.45, 2.75) is 83.1 Å². The van der Waals surface area contributed by atoms with Gasteiger partial charge in [0.25, 0.3) is 0 Å². The van der Waals surface area contributed by atoms with E-state index in [0.717, 1.165) is 37.0 Å². The van der Waals surface area contributed by atoms with Crippen LogP contribution in [0.15, 0.2) is 24.3 Å². The van der Waals surface area contributed by atoms with E-state index < -0.39 is 17.5 Å². The first-order valence-electron chi connectivity index (χ1n) is 9.62. The minimum absolute atomic E-state index is 0.101. The summed E-state index contributed by atoms with van der Waals surface area (Å²) in [6.45, 7) is 4.17. The van der Waals surface area contributed by atoms with Crippen LogP contribution in [0.25, 0.3) is 0 Å². The van der Waals surface area contributed by atoms with Crippen molar-refractivity contribution >= 4 is 0 Å². The molecule has 0 radical (unpaired) electrons. The van der Waals surface area contributed by atoms with E-state index in [0.29, 0.717) is 6.42 Å². The fourth-order valence-corrected chi connectivity index (χ4v) is 3.58. The first kappa shape index (κ1) is 23.0. The molecule has 1 rings (SSSR count). The van der Waals surface area contributed by atoms with Gasteiger partial charge in [0, 0.05) is 20.1 Å². The second-order valence-electron chi connectivity index (χ2n) is 6.80. The van der Waals surface area contributed by atoms with Crippen molar-refractivity contribution in [3.8, 4) is 0 Å². The van der Waals surface area contributed by atoms with Gasteiger partial charge in [-0.2, -0.15) is 13.2 Å². The first-order valence-corrected chi connectivity index (χ1v) is 9.62. The number of unbranched alkanes of at least 4 members (excludes halogenated alkanes) is 5. The molecule has 0 amide bonds. The summed E-state index contributed by atoms with van der Waals surface area (Å²) in [7, 11) is 3.21. The normalized spacial score (nSPS) is 13.8. The number of methoxy groups -OCH3 is 2. The minimum Gasteiger partial charge on any atom is -0.353 e. The standard InChI is InChI=1S/C21H33F3O2/c1-5-7-8-9-10-11-12-19(20(6-2,25-3)26-4)17-13-15-18(16-14-17)21(22,23)24/h13-16,19H,5-12H2,1-4H3. The molecule has 0 heterocycles. The van der Waals surface area contributed by atoms with Crippen LogP contribution in [0.2, 0.25) is 0 Å². The lowest BCUT2D eigenvalue weighted by atomic mass is 9.83. The first-order chi connectivity index (χ1) is 12.3. The van der Waals surface area contributed by atoms with Crippen molar-refractivity contribution in [3.63, 3.8) is 0 Å². The zero-order valence-corrected chi connectivity index (χ0v) is 16.5. The van der Waals surface area contributed by atoms with Gasteiger partial charge in [0.05, 0.1) is 5.56 Å². The summed E-state index contributed by atoms with van der Waals surface area (Å²) in [5.74, 6) is -0.917. The summed E-state index contributed by atoms with van der Waals surface area (Å²) >= 11 is 0. The van der Waals surface area contributed by atoms with Gasteiger partial charge in [0.1, 0.15) is 0 Å². The van der Waals surface area contributed by atoms with Gasteiger partial charge in [0.15, 0.2) is 5.79 Å². The van der Waals surface area contributed by atoms with Crippen molar-refractivity contribution in [2.75, 3.05) is 14.2 Å². The van der Waals surface area contributed by atoms with Crippen LogP contribution in [0.4, 0.5) is 13.2 Å². The van der Waals surface area contributed by atoms with Gasteiger partial charge in [-0.05, 0) is 30.5 Å². The Kier molecular flexibility index (Phi) is 9.66. The Morgan fingerprint density at radius 1 is 0.846 bits per heavy atom. The summed E-state index contributed by atoms with van der Waals surface area (Å²) in [5, 5.41) is 0. The maximum absolute atomic E-state index is 12.9. The molecule has 0 bridgehead atoms. The third-order valence-electron chi connectivity index (χ3n) is 5.20. The molecule has 1 atom stereocenters. The van der Waals surface area contributed by atoms with Crippen LogP contribution in [-0.4, -0.2) is 20.0 Å². The van der Waals surface area contributed by atoms with Crippen LogP contribution >= 0.6 is 0 Å². The van der Waals surface area contributed by atoms with Gasteiger partial charge in [-0.15, -0.1) is 0 Å². The highest BCUT2D eigenvalue weighted by Crippen LogP contribution is 2.40. The van der Waals surface area contributed by atoms with E-state index in [1.54, 1.807) is 26.4 Å². The van der Waals surface area contributed by atoms with Crippen LogP contribution in [0.5, 0.6) is 0 Å². The quantitative estimate of drug-likeness (QED) is 0.291. The molecule has 1 unspecified atom stereocenters. The van der Waals surface area contributed by atoms with Crippen LogP contribution < -0.4 is 0 Å². The Hall–Kier alpha value is -1.07. The topological polar surface area (TPSA) is 18.5 Å². The Morgan fingerprint density at radius 3 is 1.85 bits per heavy atom. The monoisotopic (exact) mass is 374 g/mol. The second-order valence-corrected chi connectivity index (χ2v) is 6.80. The van der Waals surface area contributed by atoms with Crippen LogP contribution in [0.3, 0.4) is 0 Å². The minimum atomic E-state index is -4.32. The summed E-state index contributed by atoms with van der Waals surface area (Å²) in [6.07, 6.45) is 4.12. The number of halogens is 3. The van der Waals surface area contributed by atoms with Crippen molar-refractivity contribution in [3.05, 3.63) is 35.4 Å². The maximum Gasteiger partial charge on any atom is 0.416 e. The fraction of sp³-hybridized carbons (Fsp3) is 0.714. The number of hydrogen-bond acceptors (Lipinski definition) is 2. The highest BCUT2D eigenvalue weighted by molar-refractivity contribution is 5.28. The molecule has 0 aliphatic carbocycles. The fourth-order valence-electron chi connectivity index (χ4n) is 3.58. The Morgan fingerprint density at radius 2 is 1.38 bits per heavy atom. The number of hydrogen-bond donors (Lipinski definition) is 0. The van der Waals surface area contributed by atoms with Gasteiger partial charge in [-0.3, -0.25) is 0 Å². The summed E-state index contributed by atoms with van der Waals surface area (Å²) < 4.78 is 50.0. The lowest BCUT2D eigenvalue weighted by Crippen LogP contribution is -2.40. The molecule has 2 nitrogen and oxygen atoms in total. The number of ether oxygens (including phenoxy) is 2. The highest BCUT2D eigenvalue weighted by Gasteiger charge is 2.39. The van der Waals surface area contributed by atoms with Gasteiger partial charge in [0.2, 0.25) is 0 Å². The molecular weight excluding hydrogens is 341 g/mol. The number of alkyl halides is 3. The van der Waals surface area contributed by atoms with E-state index in [1.165, 1.54) is 25.7 Å². The van der Waals surface area contributed by atoms with Crippen molar-refractivity contribution in [2.24, 2.45) is 0 Å². The largest absolute Gasteiger partial charge is 0.416 e. The Labute approximate surface area is 156 Å². The van der Waals surface area contributed by atoms with Gasteiger partial charge in [-0.25, -0.2) is 0 Å². The molecule has 0 fully saturated rings. The van der Waals surface area contributed by atoms with Gasteiger partial charge < -0.3 is 9.47 Å². The molecule has 0 aliphatic heterocycles. The molecule has 1 aromatic carbocycles. The van der Waals surface area contributed by atoms with Crippen molar-refractivity contribution in [1.82, 2.24) is 0 Å². The summed E-state index contributed by atoms with van der Waals surface area (Å²) in [6, 6.07) is 5.42. The lowest BCUT2D eigenvalue weighted by Gasteiger charge is -2.38. The Balaban J connectivity index is 2.93. The summed E-state index contributed by atoms with van der Waals surface area (Å²) in [5.41, 5.74) is 0.202. The average Bonchev–Trinajstić information content (AvgIpc) is 2.64. The SMILES string of the molecule is CCCCCCCCC(c1ccc(C(F)(F)F)cc1)C(CC)(OC)OC. The molecule has 150 valence electrons. The lowest BCUT2D eigenvalue weighted by molar-refractivity contribution is -0.225. The van der Waals surface area contributed by atoms with Gasteiger partial charge in [-0.1, -0.05) is 64.5 Å². The molecule has 0 N–H and O–H groups in total. The molecule has 0 spiro atoms. The number of rotatable bonds is 12. The zero-order valence-electron chi connectivity index (χ0n) is 16.5. The van der Waals surface area contributed by atoms with Crippen LogP contribution in [0.1, 0.15) is 82.3 Å². The van der Waals surface area contributed by atoms with E-state index in [9.17, 15) is 13.2 Å². The van der Waals surface area contributed by atoms with Gasteiger partial charge >= 0.3 is 6.18 Å². The zero-order chi connectivity index (χ0) is 19.6. The molecular formula is C21H33F3O2. The number of benzene rings is 1. The molecule has 5 heteroatoms. The van der Waals surface area contributed by atoms with E-state index in [4.69, 9.17) is 9.47 Å². The van der Waals surface area contributed by atoms with Crippen LogP contribution in [-0.2, 0) is 15.7 Å². The van der Waals surface area contributed by atoms with E-state index >= 15 is 0 Å². The van der Waals surface area contributed by atoms with E-state index in [1.807, 2.05) is 6.92 Å². The third kappa shape index (κ3) is 6.27. The molecule has 0 aromatic heterocycles. The third-order valence-corrected chi connectivity index (χ3v) is 5.20. The molecule has 26 heavy (non-hydrogen) atoms. The van der Waals surface area contributed by atoms with Crippen LogP contribution in [0, 0.1) is 0 Å². The van der Waals surface area contributed by atoms with Crippen molar-refractivity contribution < 1.29 is 22.6 Å². The molecule has 0 saturated carbocycles. The highest BCUT2D eigenvalue weighted by atomic mass is 19.4. The van der Waals surface area contributed by atoms with E-state index in [2.05, 4.69) is 6.92 Å². The van der Waals surface area contributed by atoms with Crippen molar-refractivity contribution in [1.29, 1.82) is 0 Å². The smallest absolute Gasteiger partial charge is 0.353 e. The second kappa shape index (κ2) is 10.9. The molecule has 0 aliphatic rings. The maximum atomic E-state index is 12.9. The summed E-state index contributed by atoms with van der Waals surface area (Å²) in [4.78, 5) is 0. The average molecular weight is 374 g/mol. The predicted molar refractivity (Wildman–Crippen MR) is 99.2 cm³/mol. The predicted octanol–water partition coefficient (Wildman–Crippen LogP) is 6.94. The molecule has 0 saturated heterocycles. The molecule has 1 aromatic rings. The Bertz CT molecular complexity index is 485. The van der Waals surface area contributed by atoms with E-state index in [-0.39, 0.29) is 5.92 Å².